The molecule has 4 rings (SSSR count). The van der Waals surface area contributed by atoms with Crippen LogP contribution in [0.4, 0.5) is 4.39 Å². The van der Waals surface area contributed by atoms with Gasteiger partial charge in [-0.2, -0.15) is 0 Å². The molecule has 0 aliphatic carbocycles. The van der Waals surface area contributed by atoms with Gasteiger partial charge < -0.3 is 14.2 Å². The highest BCUT2D eigenvalue weighted by Gasteiger charge is 2.26. The van der Waals surface area contributed by atoms with Crippen molar-refractivity contribution in [1.82, 2.24) is 14.8 Å². The van der Waals surface area contributed by atoms with Crippen molar-refractivity contribution in [2.24, 2.45) is 0 Å². The molecule has 9 nitrogen and oxygen atoms in total. The van der Waals surface area contributed by atoms with E-state index in [1.54, 1.807) is 37.3 Å². The Morgan fingerprint density at radius 1 is 1.05 bits per heavy atom. The van der Waals surface area contributed by atoms with Gasteiger partial charge >= 0.3 is 0 Å². The van der Waals surface area contributed by atoms with Crippen LogP contribution in [0.25, 0.3) is 5.69 Å². The minimum absolute atomic E-state index is 0.0661. The van der Waals surface area contributed by atoms with Crippen LogP contribution in [0.1, 0.15) is 36.0 Å². The summed E-state index contributed by atoms with van der Waals surface area (Å²) < 4.78 is 33.1. The Morgan fingerprint density at radius 2 is 1.77 bits per heavy atom. The third-order valence-electron chi connectivity index (χ3n) is 5.80. The van der Waals surface area contributed by atoms with E-state index in [1.165, 1.54) is 17.8 Å². The number of aryl methyl sites for hydroxylation is 1. The number of benzene rings is 3. The molecule has 1 atom stereocenters. The lowest BCUT2D eigenvalue weighted by Gasteiger charge is -2.19. The normalized spacial score (nSPS) is 11.7. The van der Waals surface area contributed by atoms with E-state index in [2.05, 4.69) is 10.2 Å². The maximum Gasteiger partial charge on any atom is 0.220 e. The average molecular weight is 587 g/mol. The minimum atomic E-state index is -0.683. The summed E-state index contributed by atoms with van der Waals surface area (Å²) in [6.45, 7) is 5.89. The molecule has 4 aromatic rings. The predicted molar refractivity (Wildman–Crippen MR) is 151 cm³/mol. The number of ether oxygens (including phenoxy) is 3. The van der Waals surface area contributed by atoms with Gasteiger partial charge in [0.1, 0.15) is 29.2 Å². The standard InChI is InChI=1S/C28H28ClFN4O5S/c1-4-37-22-12-10-21(11-13-22)34-18(3)31-32-28(34)40-26(16-33(35)36)20-14-23(29)27(25(15-20)38-5-2)39-17-19-8-6-7-9-24(19)30/h6-15,26H,4-5,16-17H2,1-3H3/t26-/m0/s1. The zero-order valence-electron chi connectivity index (χ0n) is 22.2. The third-order valence-corrected chi connectivity index (χ3v) is 7.26. The Kier molecular flexibility index (Phi) is 9.84. The highest BCUT2D eigenvalue weighted by Crippen LogP contribution is 2.43. The van der Waals surface area contributed by atoms with Crippen molar-refractivity contribution in [1.29, 1.82) is 0 Å². The summed E-state index contributed by atoms with van der Waals surface area (Å²) in [6.07, 6.45) is 0. The van der Waals surface area contributed by atoms with Crippen LogP contribution < -0.4 is 14.2 Å². The van der Waals surface area contributed by atoms with Gasteiger partial charge in [0.2, 0.25) is 6.54 Å². The fourth-order valence-electron chi connectivity index (χ4n) is 3.99. The zero-order valence-corrected chi connectivity index (χ0v) is 23.7. The van der Waals surface area contributed by atoms with Gasteiger partial charge in [-0.15, -0.1) is 10.2 Å². The Balaban J connectivity index is 1.66. The van der Waals surface area contributed by atoms with Crippen LogP contribution in [0.15, 0.2) is 65.8 Å². The predicted octanol–water partition coefficient (Wildman–Crippen LogP) is 6.85. The van der Waals surface area contributed by atoms with Crippen molar-refractivity contribution in [2.45, 2.75) is 37.8 Å². The van der Waals surface area contributed by atoms with Gasteiger partial charge in [0.25, 0.3) is 0 Å². The number of nitrogens with zero attached hydrogens (tertiary/aromatic N) is 4. The molecule has 0 saturated heterocycles. The highest BCUT2D eigenvalue weighted by molar-refractivity contribution is 7.99. The topological polar surface area (TPSA) is 102 Å². The molecular weight excluding hydrogens is 559 g/mol. The fraction of sp³-hybridized carbons (Fsp3) is 0.286. The van der Waals surface area contributed by atoms with Crippen molar-refractivity contribution in [3.63, 3.8) is 0 Å². The molecule has 0 saturated carbocycles. The molecule has 1 heterocycles. The highest BCUT2D eigenvalue weighted by atomic mass is 35.5. The third kappa shape index (κ3) is 7.02. The van der Waals surface area contributed by atoms with E-state index < -0.39 is 17.6 Å². The lowest BCUT2D eigenvalue weighted by atomic mass is 10.1. The van der Waals surface area contributed by atoms with E-state index >= 15 is 0 Å². The van der Waals surface area contributed by atoms with Gasteiger partial charge in [-0.05, 0) is 68.8 Å². The van der Waals surface area contributed by atoms with Crippen LogP contribution >= 0.6 is 23.4 Å². The largest absolute Gasteiger partial charge is 0.494 e. The fourth-order valence-corrected chi connectivity index (χ4v) is 5.42. The maximum atomic E-state index is 14.1. The smallest absolute Gasteiger partial charge is 0.220 e. The number of rotatable bonds is 13. The van der Waals surface area contributed by atoms with Crippen molar-refractivity contribution in [3.8, 4) is 22.9 Å². The van der Waals surface area contributed by atoms with E-state index in [1.807, 2.05) is 42.7 Å². The number of hydrogen-bond donors (Lipinski definition) is 0. The van der Waals surface area contributed by atoms with Gasteiger partial charge in [0.05, 0.1) is 18.2 Å². The molecule has 0 N–H and O–H groups in total. The van der Waals surface area contributed by atoms with Gasteiger partial charge in [-0.1, -0.05) is 41.6 Å². The molecule has 0 aliphatic rings. The molecule has 0 bridgehead atoms. The molecule has 1 aromatic heterocycles. The lowest BCUT2D eigenvalue weighted by molar-refractivity contribution is -0.479. The maximum absolute atomic E-state index is 14.1. The molecule has 0 unspecified atom stereocenters. The number of aromatic nitrogens is 3. The molecule has 40 heavy (non-hydrogen) atoms. The van der Waals surface area contributed by atoms with Crippen LogP contribution in [0.5, 0.6) is 17.2 Å². The van der Waals surface area contributed by atoms with Crippen LogP contribution in [0.3, 0.4) is 0 Å². The minimum Gasteiger partial charge on any atom is -0.494 e. The number of hydrogen-bond acceptors (Lipinski definition) is 8. The van der Waals surface area contributed by atoms with Gasteiger partial charge in [0.15, 0.2) is 16.7 Å². The second-order valence-electron chi connectivity index (χ2n) is 8.56. The van der Waals surface area contributed by atoms with Crippen molar-refractivity contribution >= 4 is 23.4 Å². The number of halogens is 2. The first-order valence-electron chi connectivity index (χ1n) is 12.6. The van der Waals surface area contributed by atoms with Gasteiger partial charge in [-0.3, -0.25) is 14.7 Å². The molecule has 210 valence electrons. The van der Waals surface area contributed by atoms with Crippen molar-refractivity contribution in [3.05, 3.63) is 98.6 Å². The van der Waals surface area contributed by atoms with Crippen LogP contribution in [-0.4, -0.2) is 39.4 Å². The van der Waals surface area contributed by atoms with Gasteiger partial charge in [-0.25, -0.2) is 4.39 Å². The molecule has 3 aromatic carbocycles. The quantitative estimate of drug-likeness (QED) is 0.0951. The second kappa shape index (κ2) is 13.5. The molecule has 0 radical (unpaired) electrons. The monoisotopic (exact) mass is 586 g/mol. The van der Waals surface area contributed by atoms with Gasteiger partial charge in [0, 0.05) is 16.2 Å². The molecule has 0 aliphatic heterocycles. The summed E-state index contributed by atoms with van der Waals surface area (Å²) in [4.78, 5) is 11.3. The summed E-state index contributed by atoms with van der Waals surface area (Å²) in [5, 5.41) is 20.2. The van der Waals surface area contributed by atoms with E-state index in [-0.39, 0.29) is 22.3 Å². The Labute approximate surface area is 240 Å². The molecule has 0 spiro atoms. The summed E-state index contributed by atoms with van der Waals surface area (Å²) in [6, 6.07) is 17.0. The lowest BCUT2D eigenvalue weighted by Crippen LogP contribution is -2.12. The van der Waals surface area contributed by atoms with E-state index in [0.717, 1.165) is 11.4 Å². The first-order chi connectivity index (χ1) is 19.3. The molecule has 0 fully saturated rings. The number of thioether (sulfide) groups is 1. The van der Waals surface area contributed by atoms with Crippen LogP contribution in [0.2, 0.25) is 5.02 Å². The summed E-state index contributed by atoms with van der Waals surface area (Å²) >= 11 is 7.80. The Bertz CT molecular complexity index is 1470. The Hall–Kier alpha value is -3.83. The first kappa shape index (κ1) is 29.2. The van der Waals surface area contributed by atoms with Crippen molar-refractivity contribution < 1.29 is 23.5 Å². The van der Waals surface area contributed by atoms with E-state index in [4.69, 9.17) is 25.8 Å². The van der Waals surface area contributed by atoms with E-state index in [0.29, 0.717) is 41.1 Å². The number of nitro groups is 1. The van der Waals surface area contributed by atoms with Crippen LogP contribution in [-0.2, 0) is 6.61 Å². The molecule has 12 heteroatoms. The molecule has 0 amide bonds. The summed E-state index contributed by atoms with van der Waals surface area (Å²) in [7, 11) is 0. The Morgan fingerprint density at radius 3 is 2.45 bits per heavy atom. The van der Waals surface area contributed by atoms with Crippen molar-refractivity contribution in [2.75, 3.05) is 19.8 Å². The second-order valence-corrected chi connectivity index (χ2v) is 10.1. The van der Waals surface area contributed by atoms with E-state index in [9.17, 15) is 14.5 Å². The zero-order chi connectivity index (χ0) is 28.6. The summed E-state index contributed by atoms with van der Waals surface area (Å²) in [5.74, 6) is 1.49. The SMILES string of the molecule is CCOc1ccc(-n2c(C)nnc2S[C@@H](C[N+](=O)[O-])c2cc(Cl)c(OCc3ccccc3F)c(OCC)c2)cc1. The first-order valence-corrected chi connectivity index (χ1v) is 13.8. The summed E-state index contributed by atoms with van der Waals surface area (Å²) in [5.41, 5.74) is 1.70. The molecular formula is C28H28ClFN4O5S. The average Bonchev–Trinajstić information content (AvgIpc) is 3.28. The van der Waals surface area contributed by atoms with Crippen LogP contribution in [0, 0.1) is 22.9 Å².